The Morgan fingerprint density at radius 2 is 1.81 bits per heavy atom. The minimum atomic E-state index is -0.712. The second kappa shape index (κ2) is 10.8. The summed E-state index contributed by atoms with van der Waals surface area (Å²) < 4.78 is 28.6. The van der Waals surface area contributed by atoms with Gasteiger partial charge in [-0.2, -0.15) is 0 Å². The van der Waals surface area contributed by atoms with Gasteiger partial charge in [0.15, 0.2) is 0 Å². The van der Waals surface area contributed by atoms with Crippen LogP contribution in [-0.2, 0) is 9.53 Å². The highest BCUT2D eigenvalue weighted by Crippen LogP contribution is 2.10. The molecule has 2 nitrogen and oxygen atoms in total. The summed E-state index contributed by atoms with van der Waals surface area (Å²) in [6.07, 6.45) is 4.93. The minimum Gasteiger partial charge on any atom is -0.463 e. The van der Waals surface area contributed by atoms with E-state index in [1.54, 1.807) is 6.92 Å². The maximum Gasteiger partial charge on any atom is 0.305 e. The molecule has 0 N–H and O–H groups in total. The van der Waals surface area contributed by atoms with Crippen LogP contribution in [0.15, 0.2) is 0 Å². The van der Waals surface area contributed by atoms with Crippen molar-refractivity contribution in [3.05, 3.63) is 0 Å². The molecule has 16 heavy (non-hydrogen) atoms. The van der Waals surface area contributed by atoms with Crippen LogP contribution in [0.4, 0.5) is 8.78 Å². The van der Waals surface area contributed by atoms with Gasteiger partial charge in [0.05, 0.1) is 6.17 Å². The lowest BCUT2D eigenvalue weighted by atomic mass is 10.1. The first-order chi connectivity index (χ1) is 7.66. The molecule has 0 aromatic carbocycles. The van der Waals surface area contributed by atoms with Crippen molar-refractivity contribution in [1.29, 1.82) is 0 Å². The predicted octanol–water partition coefficient (Wildman–Crippen LogP) is 3.59. The monoisotopic (exact) mass is 236 g/mol. The van der Waals surface area contributed by atoms with Crippen LogP contribution in [0.3, 0.4) is 0 Å². The van der Waals surface area contributed by atoms with Crippen molar-refractivity contribution in [3.63, 3.8) is 0 Å². The van der Waals surface area contributed by atoms with E-state index >= 15 is 0 Å². The van der Waals surface area contributed by atoms with Gasteiger partial charge in [-0.25, -0.2) is 8.78 Å². The number of halogens is 2. The molecule has 0 radical (unpaired) electrons. The van der Waals surface area contributed by atoms with Gasteiger partial charge in [0.2, 0.25) is 0 Å². The summed E-state index contributed by atoms with van der Waals surface area (Å²) in [5, 5.41) is 0. The van der Waals surface area contributed by atoms with Gasteiger partial charge in [0.1, 0.15) is 13.3 Å². The molecule has 0 saturated heterocycles. The Morgan fingerprint density at radius 3 is 2.44 bits per heavy atom. The lowest BCUT2D eigenvalue weighted by Gasteiger charge is -2.03. The van der Waals surface area contributed by atoms with Gasteiger partial charge < -0.3 is 4.74 Å². The SMILES string of the molecule is CC(F)CCCCCCCC(=O)OCCF. The largest absolute Gasteiger partial charge is 0.463 e. The number of carbonyl (C=O) groups excluding carboxylic acids is 1. The first kappa shape index (κ1) is 15.3. The van der Waals surface area contributed by atoms with E-state index in [1.165, 1.54) is 0 Å². The van der Waals surface area contributed by atoms with E-state index in [9.17, 15) is 13.6 Å². The summed E-state index contributed by atoms with van der Waals surface area (Å²) in [4.78, 5) is 10.9. The third-order valence-corrected chi connectivity index (χ3v) is 2.32. The average molecular weight is 236 g/mol. The second-order valence-electron chi connectivity index (χ2n) is 4.00. The van der Waals surface area contributed by atoms with Crippen LogP contribution in [0.2, 0.25) is 0 Å². The van der Waals surface area contributed by atoms with Crippen molar-refractivity contribution in [2.75, 3.05) is 13.3 Å². The molecule has 0 fully saturated rings. The Bertz CT molecular complexity index is 172. The highest BCUT2D eigenvalue weighted by molar-refractivity contribution is 5.69. The molecule has 96 valence electrons. The van der Waals surface area contributed by atoms with E-state index in [2.05, 4.69) is 4.74 Å². The molecule has 1 atom stereocenters. The number of unbranched alkanes of at least 4 members (excludes halogenated alkanes) is 4. The summed E-state index contributed by atoms with van der Waals surface area (Å²) in [5.41, 5.74) is 0. The van der Waals surface area contributed by atoms with Gasteiger partial charge in [-0.1, -0.05) is 25.7 Å². The molecule has 0 bridgehead atoms. The zero-order chi connectivity index (χ0) is 12.2. The highest BCUT2D eigenvalue weighted by atomic mass is 19.1. The number of alkyl halides is 2. The van der Waals surface area contributed by atoms with Gasteiger partial charge in [-0.05, 0) is 19.8 Å². The van der Waals surface area contributed by atoms with Crippen LogP contribution in [-0.4, -0.2) is 25.4 Å². The van der Waals surface area contributed by atoms with E-state index in [0.29, 0.717) is 12.8 Å². The van der Waals surface area contributed by atoms with Crippen molar-refractivity contribution in [3.8, 4) is 0 Å². The lowest BCUT2D eigenvalue weighted by Crippen LogP contribution is -2.06. The molecule has 0 aliphatic rings. The van der Waals surface area contributed by atoms with E-state index in [0.717, 1.165) is 32.1 Å². The summed E-state index contributed by atoms with van der Waals surface area (Å²) in [7, 11) is 0. The molecule has 4 heteroatoms. The Labute approximate surface area is 96.4 Å². The highest BCUT2D eigenvalue weighted by Gasteiger charge is 2.02. The van der Waals surface area contributed by atoms with Gasteiger partial charge in [0.25, 0.3) is 0 Å². The average Bonchev–Trinajstić information content (AvgIpc) is 2.24. The molecule has 0 saturated carbocycles. The van der Waals surface area contributed by atoms with Gasteiger partial charge in [-0.15, -0.1) is 0 Å². The number of hydrogen-bond donors (Lipinski definition) is 0. The summed E-state index contributed by atoms with van der Waals surface area (Å²) in [5.74, 6) is -0.324. The molecule has 0 amide bonds. The zero-order valence-electron chi connectivity index (χ0n) is 10.0. The molecule has 0 rings (SSSR count). The summed E-state index contributed by atoms with van der Waals surface area (Å²) >= 11 is 0. The van der Waals surface area contributed by atoms with Gasteiger partial charge in [-0.3, -0.25) is 4.79 Å². The Morgan fingerprint density at radius 1 is 1.19 bits per heavy atom. The summed E-state index contributed by atoms with van der Waals surface area (Å²) in [6.45, 7) is 0.821. The third kappa shape index (κ3) is 11.4. The predicted molar refractivity (Wildman–Crippen MR) is 59.8 cm³/mol. The smallest absolute Gasteiger partial charge is 0.305 e. The fourth-order valence-corrected chi connectivity index (χ4v) is 1.45. The van der Waals surface area contributed by atoms with Crippen LogP contribution in [0, 0.1) is 0 Å². The third-order valence-electron chi connectivity index (χ3n) is 2.32. The molecule has 0 aromatic rings. The normalized spacial score (nSPS) is 12.4. The first-order valence-corrected chi connectivity index (χ1v) is 6.02. The van der Waals surface area contributed by atoms with Crippen molar-refractivity contribution in [2.24, 2.45) is 0 Å². The molecule has 0 heterocycles. The molecule has 0 aromatic heterocycles. The van der Waals surface area contributed by atoms with Crippen molar-refractivity contribution in [2.45, 2.75) is 58.0 Å². The maximum atomic E-state index is 12.4. The molecule has 1 unspecified atom stereocenters. The van der Waals surface area contributed by atoms with Crippen LogP contribution in [0.25, 0.3) is 0 Å². The molecule has 0 aliphatic heterocycles. The Kier molecular flexibility index (Phi) is 10.4. The van der Waals surface area contributed by atoms with E-state index in [1.807, 2.05) is 0 Å². The van der Waals surface area contributed by atoms with Crippen LogP contribution < -0.4 is 0 Å². The lowest BCUT2D eigenvalue weighted by molar-refractivity contribution is -0.144. The van der Waals surface area contributed by atoms with Crippen LogP contribution in [0.5, 0.6) is 0 Å². The van der Waals surface area contributed by atoms with Crippen molar-refractivity contribution >= 4 is 5.97 Å². The number of ether oxygens (including phenoxy) is 1. The minimum absolute atomic E-state index is 0.132. The molecular formula is C12H22F2O2. The van der Waals surface area contributed by atoms with Gasteiger partial charge >= 0.3 is 5.97 Å². The van der Waals surface area contributed by atoms with E-state index in [-0.39, 0.29) is 12.6 Å². The molecule has 0 aliphatic carbocycles. The quantitative estimate of drug-likeness (QED) is 0.428. The number of rotatable bonds is 10. The number of esters is 1. The molecular weight excluding hydrogens is 214 g/mol. The Balaban J connectivity index is 3.11. The van der Waals surface area contributed by atoms with E-state index in [4.69, 9.17) is 0 Å². The zero-order valence-corrected chi connectivity index (χ0v) is 10.0. The maximum absolute atomic E-state index is 12.4. The van der Waals surface area contributed by atoms with Crippen molar-refractivity contribution in [1.82, 2.24) is 0 Å². The van der Waals surface area contributed by atoms with Crippen molar-refractivity contribution < 1.29 is 18.3 Å². The fraction of sp³-hybridized carbons (Fsp3) is 0.917. The summed E-state index contributed by atoms with van der Waals surface area (Å²) in [6, 6.07) is 0. The standard InChI is InChI=1S/C12H22F2O2/c1-11(14)7-5-3-2-4-6-8-12(15)16-10-9-13/h11H,2-10H2,1H3. The number of hydrogen-bond acceptors (Lipinski definition) is 2. The number of carbonyl (C=O) groups is 1. The fourth-order valence-electron chi connectivity index (χ4n) is 1.45. The first-order valence-electron chi connectivity index (χ1n) is 6.02. The molecule has 0 spiro atoms. The van der Waals surface area contributed by atoms with Crippen LogP contribution >= 0.6 is 0 Å². The van der Waals surface area contributed by atoms with E-state index < -0.39 is 12.8 Å². The van der Waals surface area contributed by atoms with Gasteiger partial charge in [0, 0.05) is 6.42 Å². The Hall–Kier alpha value is -0.670. The second-order valence-corrected chi connectivity index (χ2v) is 4.00. The topological polar surface area (TPSA) is 26.3 Å². The van der Waals surface area contributed by atoms with Crippen LogP contribution in [0.1, 0.15) is 51.9 Å².